The summed E-state index contributed by atoms with van der Waals surface area (Å²) in [6.07, 6.45) is 3.44. The third kappa shape index (κ3) is 4.21. The number of carbonyl (C=O) groups is 1. The minimum absolute atomic E-state index is 0.0252. The van der Waals surface area contributed by atoms with Crippen LogP contribution in [-0.2, 0) is 14.8 Å². The Morgan fingerprint density at radius 2 is 1.96 bits per heavy atom. The molecule has 1 aromatic carbocycles. The number of ether oxygens (including phenoxy) is 1. The van der Waals surface area contributed by atoms with E-state index in [9.17, 15) is 13.2 Å². The molecule has 6 nitrogen and oxygen atoms in total. The molecule has 0 bridgehead atoms. The molecule has 1 atom stereocenters. The van der Waals surface area contributed by atoms with Crippen LogP contribution in [0.2, 0.25) is 10.0 Å². The van der Waals surface area contributed by atoms with Crippen molar-refractivity contribution in [2.45, 2.75) is 42.7 Å². The van der Waals surface area contributed by atoms with Crippen molar-refractivity contribution in [3.05, 3.63) is 27.7 Å². The molecule has 1 aromatic rings. The lowest BCUT2D eigenvalue weighted by Crippen LogP contribution is -2.32. The molecule has 0 aromatic heterocycles. The monoisotopic (exact) mass is 392 g/mol. The van der Waals surface area contributed by atoms with Crippen molar-refractivity contribution in [2.75, 3.05) is 13.2 Å². The maximum absolute atomic E-state index is 12.5. The molecule has 2 aliphatic rings. The number of benzene rings is 1. The van der Waals surface area contributed by atoms with E-state index in [4.69, 9.17) is 27.9 Å². The Balaban J connectivity index is 1.80. The first-order valence-electron chi connectivity index (χ1n) is 7.78. The molecule has 1 aliphatic carbocycles. The molecule has 1 saturated carbocycles. The molecular formula is C15H18Cl2N2O4S. The lowest BCUT2D eigenvalue weighted by Gasteiger charge is -2.14. The van der Waals surface area contributed by atoms with Crippen LogP contribution in [0.3, 0.4) is 0 Å². The van der Waals surface area contributed by atoms with E-state index in [-0.39, 0.29) is 39.2 Å². The Bertz CT molecular complexity index is 744. The predicted molar refractivity (Wildman–Crippen MR) is 91.1 cm³/mol. The van der Waals surface area contributed by atoms with Gasteiger partial charge in [0, 0.05) is 19.2 Å². The van der Waals surface area contributed by atoms with E-state index in [1.165, 1.54) is 12.1 Å². The van der Waals surface area contributed by atoms with Gasteiger partial charge in [-0.2, -0.15) is 0 Å². The molecule has 0 spiro atoms. The third-order valence-corrected chi connectivity index (χ3v) is 6.19. The number of sulfonamides is 1. The third-order valence-electron chi connectivity index (χ3n) is 3.99. The van der Waals surface area contributed by atoms with Crippen LogP contribution < -0.4 is 10.0 Å². The van der Waals surface area contributed by atoms with Gasteiger partial charge < -0.3 is 10.1 Å². The highest BCUT2D eigenvalue weighted by Gasteiger charge is 2.28. The van der Waals surface area contributed by atoms with Gasteiger partial charge in [0.25, 0.3) is 5.91 Å². The molecule has 9 heteroatoms. The van der Waals surface area contributed by atoms with Crippen molar-refractivity contribution in [2.24, 2.45) is 0 Å². The van der Waals surface area contributed by atoms with Gasteiger partial charge in [-0.3, -0.25) is 4.79 Å². The first kappa shape index (κ1) is 17.9. The number of halogens is 2. The van der Waals surface area contributed by atoms with Crippen LogP contribution in [0, 0.1) is 0 Å². The molecule has 0 unspecified atom stereocenters. The standard InChI is InChI=1S/C15H18Cl2N2O4S/c16-12-7-13(17)14(6-11(12)15(20)19-9-3-4-9)24(21,22)18-8-10-2-1-5-23-10/h6-7,9-10,18H,1-5,8H2,(H,19,20)/t10-/m1/s1. The van der Waals surface area contributed by atoms with Crippen LogP contribution in [0.5, 0.6) is 0 Å². The van der Waals surface area contributed by atoms with Crippen molar-refractivity contribution < 1.29 is 17.9 Å². The molecule has 132 valence electrons. The Labute approximate surface area is 150 Å². The van der Waals surface area contributed by atoms with Crippen LogP contribution in [0.25, 0.3) is 0 Å². The summed E-state index contributed by atoms with van der Waals surface area (Å²) >= 11 is 12.1. The molecule has 2 fully saturated rings. The summed E-state index contributed by atoms with van der Waals surface area (Å²) in [6, 6.07) is 2.65. The fraction of sp³-hybridized carbons (Fsp3) is 0.533. The summed E-state index contributed by atoms with van der Waals surface area (Å²) in [5.74, 6) is -0.394. The molecule has 1 saturated heterocycles. The van der Waals surface area contributed by atoms with E-state index in [2.05, 4.69) is 10.0 Å². The molecule has 3 rings (SSSR count). The summed E-state index contributed by atoms with van der Waals surface area (Å²) in [7, 11) is -3.86. The van der Waals surface area contributed by atoms with Crippen molar-refractivity contribution in [1.82, 2.24) is 10.0 Å². The van der Waals surface area contributed by atoms with Gasteiger partial charge in [0.05, 0.1) is 21.7 Å². The summed E-state index contributed by atoms with van der Waals surface area (Å²) < 4.78 is 32.9. The zero-order valence-corrected chi connectivity index (χ0v) is 15.2. The quantitative estimate of drug-likeness (QED) is 0.777. The van der Waals surface area contributed by atoms with E-state index in [1.54, 1.807) is 0 Å². The highest BCUT2D eigenvalue weighted by Crippen LogP contribution is 2.29. The number of nitrogens with one attached hydrogen (secondary N) is 2. The topological polar surface area (TPSA) is 84.5 Å². The molecule has 24 heavy (non-hydrogen) atoms. The Kier molecular flexibility index (Phi) is 5.36. The average Bonchev–Trinajstić information content (AvgIpc) is 3.16. The lowest BCUT2D eigenvalue weighted by atomic mass is 10.2. The second-order valence-corrected chi connectivity index (χ2v) is 8.55. The van der Waals surface area contributed by atoms with Crippen LogP contribution in [0.15, 0.2) is 17.0 Å². The first-order chi connectivity index (χ1) is 11.4. The lowest BCUT2D eigenvalue weighted by molar-refractivity contribution is 0.0951. The van der Waals surface area contributed by atoms with E-state index >= 15 is 0 Å². The van der Waals surface area contributed by atoms with E-state index in [0.717, 1.165) is 25.7 Å². The van der Waals surface area contributed by atoms with E-state index < -0.39 is 15.9 Å². The van der Waals surface area contributed by atoms with E-state index in [1.807, 2.05) is 0 Å². The van der Waals surface area contributed by atoms with Crippen LogP contribution in [-0.4, -0.2) is 39.6 Å². The molecule has 1 heterocycles. The zero-order valence-electron chi connectivity index (χ0n) is 12.8. The van der Waals surface area contributed by atoms with Gasteiger partial charge in [-0.1, -0.05) is 23.2 Å². The SMILES string of the molecule is O=C(NC1CC1)c1cc(S(=O)(=O)NC[C@H]2CCCO2)c(Cl)cc1Cl. The van der Waals surface area contributed by atoms with Crippen molar-refractivity contribution >= 4 is 39.1 Å². The Hall–Kier alpha value is -0.860. The zero-order chi connectivity index (χ0) is 17.3. The average molecular weight is 393 g/mol. The minimum Gasteiger partial charge on any atom is -0.377 e. The van der Waals surface area contributed by atoms with Crippen LogP contribution >= 0.6 is 23.2 Å². The second-order valence-electron chi connectivity index (χ2n) is 6.00. The second kappa shape index (κ2) is 7.17. The largest absolute Gasteiger partial charge is 0.377 e. The molecule has 1 aliphatic heterocycles. The van der Waals surface area contributed by atoms with Gasteiger partial charge in [-0.05, 0) is 37.8 Å². The summed E-state index contributed by atoms with van der Waals surface area (Å²) in [4.78, 5) is 12.0. The summed E-state index contributed by atoms with van der Waals surface area (Å²) in [5, 5.41) is 2.88. The van der Waals surface area contributed by atoms with Crippen LogP contribution in [0.4, 0.5) is 0 Å². The molecular weight excluding hydrogens is 375 g/mol. The van der Waals surface area contributed by atoms with Gasteiger partial charge >= 0.3 is 0 Å². The number of carbonyl (C=O) groups excluding carboxylic acids is 1. The summed E-state index contributed by atoms with van der Waals surface area (Å²) in [5.41, 5.74) is 0.102. The Morgan fingerprint density at radius 3 is 2.58 bits per heavy atom. The highest BCUT2D eigenvalue weighted by atomic mass is 35.5. The van der Waals surface area contributed by atoms with Crippen molar-refractivity contribution in [1.29, 1.82) is 0 Å². The molecule has 2 N–H and O–H groups in total. The first-order valence-corrected chi connectivity index (χ1v) is 10.0. The summed E-state index contributed by atoms with van der Waals surface area (Å²) in [6.45, 7) is 0.810. The predicted octanol–water partition coefficient (Wildman–Crippen LogP) is 2.34. The van der Waals surface area contributed by atoms with Crippen molar-refractivity contribution in [3.8, 4) is 0 Å². The van der Waals surface area contributed by atoms with Gasteiger partial charge in [0.15, 0.2) is 0 Å². The van der Waals surface area contributed by atoms with Gasteiger partial charge in [-0.15, -0.1) is 0 Å². The normalized spacial score (nSPS) is 21.0. The van der Waals surface area contributed by atoms with Crippen molar-refractivity contribution in [3.63, 3.8) is 0 Å². The van der Waals surface area contributed by atoms with Gasteiger partial charge in [0.1, 0.15) is 4.90 Å². The Morgan fingerprint density at radius 1 is 1.21 bits per heavy atom. The number of hydrogen-bond acceptors (Lipinski definition) is 4. The molecule has 0 radical (unpaired) electrons. The number of hydrogen-bond donors (Lipinski definition) is 2. The minimum atomic E-state index is -3.86. The van der Waals surface area contributed by atoms with Crippen LogP contribution in [0.1, 0.15) is 36.0 Å². The van der Waals surface area contributed by atoms with Gasteiger partial charge in [-0.25, -0.2) is 13.1 Å². The van der Waals surface area contributed by atoms with E-state index in [0.29, 0.717) is 6.61 Å². The fourth-order valence-electron chi connectivity index (χ4n) is 2.49. The smallest absolute Gasteiger partial charge is 0.253 e. The maximum atomic E-state index is 12.5. The maximum Gasteiger partial charge on any atom is 0.253 e. The number of amides is 1. The fourth-order valence-corrected chi connectivity index (χ4v) is 4.41. The number of rotatable bonds is 6. The van der Waals surface area contributed by atoms with Gasteiger partial charge in [0.2, 0.25) is 10.0 Å². The molecule has 1 amide bonds. The highest BCUT2D eigenvalue weighted by molar-refractivity contribution is 7.89.